The Morgan fingerprint density at radius 3 is 2.72 bits per heavy atom. The Hall–Kier alpha value is -2.17. The van der Waals surface area contributed by atoms with Crippen LogP contribution in [-0.2, 0) is 17.9 Å². The molecule has 0 atom stereocenters. The van der Waals surface area contributed by atoms with Crippen molar-refractivity contribution >= 4 is 5.91 Å². The van der Waals surface area contributed by atoms with Crippen molar-refractivity contribution in [3.8, 4) is 0 Å². The van der Waals surface area contributed by atoms with E-state index in [-0.39, 0.29) is 17.6 Å². The molecule has 25 heavy (non-hydrogen) atoms. The van der Waals surface area contributed by atoms with Gasteiger partial charge in [0.15, 0.2) is 0 Å². The summed E-state index contributed by atoms with van der Waals surface area (Å²) in [5.74, 6) is 1.76. The number of halogens is 1. The highest BCUT2D eigenvalue weighted by atomic mass is 19.1. The van der Waals surface area contributed by atoms with E-state index in [0.29, 0.717) is 24.6 Å². The summed E-state index contributed by atoms with van der Waals surface area (Å²) in [7, 11) is 0. The number of imidazole rings is 1. The van der Waals surface area contributed by atoms with E-state index >= 15 is 0 Å². The quantitative estimate of drug-likeness (QED) is 0.772. The number of benzene rings is 1. The zero-order chi connectivity index (χ0) is 17.2. The fourth-order valence-electron chi connectivity index (χ4n) is 3.37. The zero-order valence-electron chi connectivity index (χ0n) is 14.4. The fourth-order valence-corrected chi connectivity index (χ4v) is 3.37. The van der Waals surface area contributed by atoms with Gasteiger partial charge in [0.2, 0.25) is 5.91 Å². The van der Waals surface area contributed by atoms with Crippen LogP contribution in [0.5, 0.6) is 0 Å². The van der Waals surface area contributed by atoms with Crippen molar-refractivity contribution in [2.75, 3.05) is 6.54 Å². The average Bonchev–Trinajstić information content (AvgIpc) is 3.26. The summed E-state index contributed by atoms with van der Waals surface area (Å²) in [5.41, 5.74) is 0.640. The molecule has 2 aliphatic rings. The highest BCUT2D eigenvalue weighted by Crippen LogP contribution is 2.33. The molecule has 2 aromatic rings. The minimum atomic E-state index is -0.206. The van der Waals surface area contributed by atoms with E-state index in [4.69, 9.17) is 0 Å². The van der Waals surface area contributed by atoms with Crippen LogP contribution in [0.25, 0.3) is 0 Å². The van der Waals surface area contributed by atoms with Crippen molar-refractivity contribution in [3.63, 3.8) is 0 Å². The van der Waals surface area contributed by atoms with Gasteiger partial charge in [-0.2, -0.15) is 0 Å². The van der Waals surface area contributed by atoms with Gasteiger partial charge < -0.3 is 9.47 Å². The van der Waals surface area contributed by atoms with E-state index in [0.717, 1.165) is 31.6 Å². The normalized spacial score (nSPS) is 17.3. The third-order valence-corrected chi connectivity index (χ3v) is 5.37. The van der Waals surface area contributed by atoms with Gasteiger partial charge >= 0.3 is 0 Å². The molecule has 0 spiro atoms. The third-order valence-electron chi connectivity index (χ3n) is 5.37. The molecule has 1 heterocycles. The molecule has 4 rings (SSSR count). The second-order valence-corrected chi connectivity index (χ2v) is 7.35. The molecule has 1 aromatic carbocycles. The van der Waals surface area contributed by atoms with E-state index in [1.54, 1.807) is 18.3 Å². The predicted octanol–water partition coefficient (Wildman–Crippen LogP) is 3.61. The minimum absolute atomic E-state index is 0.203. The summed E-state index contributed by atoms with van der Waals surface area (Å²) in [6, 6.07) is 6.81. The number of rotatable bonds is 7. The molecule has 1 amide bonds. The molecule has 0 radical (unpaired) electrons. The van der Waals surface area contributed by atoms with Crippen LogP contribution in [0.3, 0.4) is 0 Å². The molecule has 2 aliphatic carbocycles. The molecule has 0 N–H and O–H groups in total. The van der Waals surface area contributed by atoms with Crippen LogP contribution in [0.2, 0.25) is 0 Å². The number of carbonyl (C=O) groups excluding carboxylic acids is 1. The maximum atomic E-state index is 13.9. The lowest BCUT2D eigenvalue weighted by atomic mass is 9.84. The Morgan fingerprint density at radius 2 is 2.04 bits per heavy atom. The second kappa shape index (κ2) is 6.98. The topological polar surface area (TPSA) is 38.1 Å². The van der Waals surface area contributed by atoms with Gasteiger partial charge in [-0.25, -0.2) is 9.37 Å². The standard InChI is InChI=1S/C20H24FN3O/c21-18-7-2-1-4-17(18)13-23-11-10-22-19(23)14-24(12-15-8-9-15)20(25)16-5-3-6-16/h1-2,4,7,10-11,15-16H,3,5-6,8-9,12-14H2. The number of carbonyl (C=O) groups is 1. The molecule has 0 bridgehead atoms. The molecular weight excluding hydrogens is 317 g/mol. The highest BCUT2D eigenvalue weighted by Gasteiger charge is 2.33. The predicted molar refractivity (Wildman–Crippen MR) is 93.2 cm³/mol. The maximum absolute atomic E-state index is 13.9. The third kappa shape index (κ3) is 3.75. The van der Waals surface area contributed by atoms with Gasteiger partial charge in [-0.3, -0.25) is 4.79 Å². The van der Waals surface area contributed by atoms with Crippen LogP contribution in [0.15, 0.2) is 36.7 Å². The summed E-state index contributed by atoms with van der Waals surface area (Å²) in [5, 5.41) is 0. The lowest BCUT2D eigenvalue weighted by Gasteiger charge is -2.31. The molecule has 5 heteroatoms. The molecule has 4 nitrogen and oxygen atoms in total. The first-order valence-corrected chi connectivity index (χ1v) is 9.23. The molecule has 2 saturated carbocycles. The Bertz CT molecular complexity index is 749. The zero-order valence-corrected chi connectivity index (χ0v) is 14.4. The molecule has 2 fully saturated rings. The number of aromatic nitrogens is 2. The van der Waals surface area contributed by atoms with Gasteiger partial charge in [-0.05, 0) is 37.7 Å². The van der Waals surface area contributed by atoms with E-state index in [2.05, 4.69) is 4.98 Å². The molecular formula is C20H24FN3O. The van der Waals surface area contributed by atoms with E-state index in [1.807, 2.05) is 21.7 Å². The van der Waals surface area contributed by atoms with Crippen molar-refractivity contribution in [1.82, 2.24) is 14.5 Å². The monoisotopic (exact) mass is 341 g/mol. The van der Waals surface area contributed by atoms with Crippen molar-refractivity contribution < 1.29 is 9.18 Å². The first-order chi connectivity index (χ1) is 12.2. The van der Waals surface area contributed by atoms with Gasteiger partial charge in [0.25, 0.3) is 0 Å². The van der Waals surface area contributed by atoms with Crippen molar-refractivity contribution in [2.45, 2.75) is 45.2 Å². The maximum Gasteiger partial charge on any atom is 0.226 e. The summed E-state index contributed by atoms with van der Waals surface area (Å²) < 4.78 is 15.9. The van der Waals surface area contributed by atoms with Gasteiger partial charge in [0.05, 0.1) is 13.1 Å². The highest BCUT2D eigenvalue weighted by molar-refractivity contribution is 5.79. The minimum Gasteiger partial charge on any atom is -0.335 e. The fraction of sp³-hybridized carbons (Fsp3) is 0.500. The Labute approximate surface area is 147 Å². The van der Waals surface area contributed by atoms with Gasteiger partial charge in [-0.15, -0.1) is 0 Å². The van der Waals surface area contributed by atoms with Gasteiger partial charge in [0, 0.05) is 30.4 Å². The van der Waals surface area contributed by atoms with Crippen LogP contribution in [0.1, 0.15) is 43.5 Å². The summed E-state index contributed by atoms with van der Waals surface area (Å²) >= 11 is 0. The van der Waals surface area contributed by atoms with Crippen molar-refractivity contribution in [3.05, 3.63) is 53.9 Å². The van der Waals surface area contributed by atoms with E-state index in [1.165, 1.54) is 18.9 Å². The van der Waals surface area contributed by atoms with Crippen LogP contribution in [0.4, 0.5) is 4.39 Å². The number of amides is 1. The second-order valence-electron chi connectivity index (χ2n) is 7.35. The first kappa shape index (κ1) is 16.3. The number of hydrogen-bond donors (Lipinski definition) is 0. The first-order valence-electron chi connectivity index (χ1n) is 9.23. The Balaban J connectivity index is 1.49. The Morgan fingerprint density at radius 1 is 1.24 bits per heavy atom. The molecule has 1 aromatic heterocycles. The smallest absolute Gasteiger partial charge is 0.226 e. The van der Waals surface area contributed by atoms with Gasteiger partial charge in [0.1, 0.15) is 11.6 Å². The summed E-state index contributed by atoms with van der Waals surface area (Å²) in [4.78, 5) is 19.2. The van der Waals surface area contributed by atoms with Crippen LogP contribution < -0.4 is 0 Å². The SMILES string of the molecule is O=C(C1CCC1)N(Cc1nccn1Cc1ccccc1F)CC1CC1. The molecule has 0 unspecified atom stereocenters. The van der Waals surface area contributed by atoms with Crippen LogP contribution >= 0.6 is 0 Å². The average molecular weight is 341 g/mol. The van der Waals surface area contributed by atoms with E-state index < -0.39 is 0 Å². The largest absolute Gasteiger partial charge is 0.335 e. The lowest BCUT2D eigenvalue weighted by Crippen LogP contribution is -2.40. The molecule has 0 aliphatic heterocycles. The van der Waals surface area contributed by atoms with Gasteiger partial charge in [-0.1, -0.05) is 24.6 Å². The molecule has 0 saturated heterocycles. The number of nitrogens with zero attached hydrogens (tertiary/aromatic N) is 3. The summed E-state index contributed by atoms with van der Waals surface area (Å²) in [6.45, 7) is 1.80. The Kier molecular flexibility index (Phi) is 4.55. The van der Waals surface area contributed by atoms with Crippen LogP contribution in [0, 0.1) is 17.7 Å². The van der Waals surface area contributed by atoms with Crippen molar-refractivity contribution in [1.29, 1.82) is 0 Å². The lowest BCUT2D eigenvalue weighted by molar-refractivity contribution is -0.139. The summed E-state index contributed by atoms with van der Waals surface area (Å²) in [6.07, 6.45) is 9.24. The van der Waals surface area contributed by atoms with E-state index in [9.17, 15) is 9.18 Å². The van der Waals surface area contributed by atoms with Crippen LogP contribution in [-0.4, -0.2) is 26.9 Å². The number of hydrogen-bond acceptors (Lipinski definition) is 2. The van der Waals surface area contributed by atoms with Crippen molar-refractivity contribution in [2.24, 2.45) is 11.8 Å². The molecule has 132 valence electrons.